The fourth-order valence-electron chi connectivity index (χ4n) is 2.06. The maximum Gasteiger partial charge on any atom is 0.316 e. The van der Waals surface area contributed by atoms with Crippen LogP contribution in [0.2, 0.25) is 0 Å². The Hall–Kier alpha value is -3.29. The standard InChI is InChI=1S/C16H15N3O5/c1-21-12-6-5-10(8-13(12)22-2)14-18-16(24-19-14)15(20)17-9-11-4-3-7-23-11/h3-8H,9H2,1-2H3,(H,17,20). The highest BCUT2D eigenvalue weighted by Gasteiger charge is 2.17. The number of rotatable bonds is 6. The summed E-state index contributed by atoms with van der Waals surface area (Å²) in [5.41, 5.74) is 0.640. The maximum absolute atomic E-state index is 12.0. The first-order valence-corrected chi connectivity index (χ1v) is 7.08. The van der Waals surface area contributed by atoms with Crippen LogP contribution in [-0.4, -0.2) is 30.3 Å². The number of carbonyl (C=O) groups is 1. The van der Waals surface area contributed by atoms with Crippen molar-refractivity contribution in [2.75, 3.05) is 14.2 Å². The van der Waals surface area contributed by atoms with Crippen molar-refractivity contribution in [1.82, 2.24) is 15.5 Å². The third-order valence-electron chi connectivity index (χ3n) is 3.27. The molecule has 0 aliphatic rings. The number of furan rings is 1. The van der Waals surface area contributed by atoms with Crippen molar-refractivity contribution in [3.63, 3.8) is 0 Å². The van der Waals surface area contributed by atoms with Crippen molar-refractivity contribution >= 4 is 5.91 Å². The number of nitrogens with zero attached hydrogens (tertiary/aromatic N) is 2. The SMILES string of the molecule is COc1ccc(-c2noc(C(=O)NCc3ccco3)n2)cc1OC. The van der Waals surface area contributed by atoms with Gasteiger partial charge in [-0.1, -0.05) is 5.16 Å². The number of hydrogen-bond acceptors (Lipinski definition) is 7. The van der Waals surface area contributed by atoms with Crippen LogP contribution >= 0.6 is 0 Å². The highest BCUT2D eigenvalue weighted by atomic mass is 16.5. The molecule has 0 aliphatic carbocycles. The van der Waals surface area contributed by atoms with Crippen molar-refractivity contribution in [2.45, 2.75) is 6.54 Å². The Morgan fingerprint density at radius 2 is 2.04 bits per heavy atom. The Kier molecular flexibility index (Phi) is 4.46. The summed E-state index contributed by atoms with van der Waals surface area (Å²) < 4.78 is 20.5. The van der Waals surface area contributed by atoms with Crippen LogP contribution in [-0.2, 0) is 6.54 Å². The van der Waals surface area contributed by atoms with Gasteiger partial charge in [-0.3, -0.25) is 4.79 Å². The van der Waals surface area contributed by atoms with Crippen LogP contribution in [0, 0.1) is 0 Å². The average Bonchev–Trinajstić information content (AvgIpc) is 3.30. The largest absolute Gasteiger partial charge is 0.493 e. The molecule has 3 rings (SSSR count). The molecular formula is C16H15N3O5. The molecule has 0 fully saturated rings. The van der Waals surface area contributed by atoms with Crippen LogP contribution in [0.1, 0.15) is 16.4 Å². The van der Waals surface area contributed by atoms with Gasteiger partial charge in [0.25, 0.3) is 0 Å². The van der Waals surface area contributed by atoms with E-state index in [1.807, 2.05) is 0 Å². The summed E-state index contributed by atoms with van der Waals surface area (Å²) >= 11 is 0. The van der Waals surface area contributed by atoms with Gasteiger partial charge in [0.2, 0.25) is 5.82 Å². The predicted molar refractivity (Wildman–Crippen MR) is 82.7 cm³/mol. The number of carbonyl (C=O) groups excluding carboxylic acids is 1. The Bertz CT molecular complexity index is 826. The Balaban J connectivity index is 1.74. The molecule has 0 radical (unpaired) electrons. The topological polar surface area (TPSA) is 99.6 Å². The molecule has 1 aromatic carbocycles. The lowest BCUT2D eigenvalue weighted by molar-refractivity contribution is 0.0904. The zero-order valence-electron chi connectivity index (χ0n) is 13.1. The molecule has 0 aliphatic heterocycles. The van der Waals surface area contributed by atoms with E-state index in [0.29, 0.717) is 22.8 Å². The van der Waals surface area contributed by atoms with E-state index < -0.39 is 5.91 Å². The quantitative estimate of drug-likeness (QED) is 0.740. The molecule has 0 saturated heterocycles. The maximum atomic E-state index is 12.0. The first-order valence-electron chi connectivity index (χ1n) is 7.08. The van der Waals surface area contributed by atoms with Crippen LogP contribution in [0.4, 0.5) is 0 Å². The number of methoxy groups -OCH3 is 2. The Morgan fingerprint density at radius 3 is 2.75 bits per heavy atom. The summed E-state index contributed by atoms with van der Waals surface area (Å²) in [5, 5.41) is 6.45. The van der Waals surface area contributed by atoms with Crippen LogP contribution in [0.15, 0.2) is 45.5 Å². The van der Waals surface area contributed by atoms with E-state index in [1.54, 1.807) is 37.4 Å². The number of benzene rings is 1. The van der Waals surface area contributed by atoms with Gasteiger partial charge in [-0.25, -0.2) is 0 Å². The second-order valence-electron chi connectivity index (χ2n) is 4.75. The van der Waals surface area contributed by atoms with Gasteiger partial charge in [-0.15, -0.1) is 0 Å². The summed E-state index contributed by atoms with van der Waals surface area (Å²) in [4.78, 5) is 16.1. The minimum Gasteiger partial charge on any atom is -0.493 e. The number of ether oxygens (including phenoxy) is 2. The first kappa shape index (κ1) is 15.6. The van der Waals surface area contributed by atoms with Crippen LogP contribution < -0.4 is 14.8 Å². The smallest absolute Gasteiger partial charge is 0.316 e. The van der Waals surface area contributed by atoms with E-state index in [9.17, 15) is 4.79 Å². The minimum absolute atomic E-state index is 0.133. The molecule has 3 aromatic rings. The predicted octanol–water partition coefficient (Wildman–Crippen LogP) is 2.28. The summed E-state index contributed by atoms with van der Waals surface area (Å²) in [5.74, 6) is 1.41. The molecule has 0 spiro atoms. The van der Waals surface area contributed by atoms with E-state index in [4.69, 9.17) is 18.4 Å². The fourth-order valence-corrected chi connectivity index (χ4v) is 2.06. The molecule has 2 aromatic heterocycles. The van der Waals surface area contributed by atoms with Crippen molar-refractivity contribution in [2.24, 2.45) is 0 Å². The van der Waals surface area contributed by atoms with Gasteiger partial charge in [0.05, 0.1) is 27.0 Å². The van der Waals surface area contributed by atoms with Gasteiger partial charge in [-0.05, 0) is 30.3 Å². The van der Waals surface area contributed by atoms with Crippen molar-refractivity contribution in [3.8, 4) is 22.9 Å². The molecule has 8 nitrogen and oxygen atoms in total. The zero-order valence-corrected chi connectivity index (χ0v) is 13.1. The molecule has 124 valence electrons. The minimum atomic E-state index is -0.481. The lowest BCUT2D eigenvalue weighted by Crippen LogP contribution is -2.22. The number of aromatic nitrogens is 2. The van der Waals surface area contributed by atoms with Crippen molar-refractivity contribution < 1.29 is 23.2 Å². The van der Waals surface area contributed by atoms with E-state index in [2.05, 4.69) is 15.5 Å². The van der Waals surface area contributed by atoms with Crippen molar-refractivity contribution in [3.05, 3.63) is 48.2 Å². The van der Waals surface area contributed by atoms with E-state index >= 15 is 0 Å². The van der Waals surface area contributed by atoms with Gasteiger partial charge in [0.15, 0.2) is 11.5 Å². The molecule has 8 heteroatoms. The molecule has 0 unspecified atom stereocenters. The summed E-state index contributed by atoms with van der Waals surface area (Å²) in [6, 6.07) is 8.67. The van der Waals surface area contributed by atoms with Gasteiger partial charge >= 0.3 is 11.8 Å². The van der Waals surface area contributed by atoms with Crippen LogP contribution in [0.5, 0.6) is 11.5 Å². The average molecular weight is 329 g/mol. The second kappa shape index (κ2) is 6.86. The highest BCUT2D eigenvalue weighted by molar-refractivity contribution is 5.89. The van der Waals surface area contributed by atoms with Gasteiger partial charge in [-0.2, -0.15) is 4.98 Å². The Morgan fingerprint density at radius 1 is 1.21 bits per heavy atom. The third kappa shape index (κ3) is 3.22. The van der Waals surface area contributed by atoms with Crippen LogP contribution in [0.3, 0.4) is 0 Å². The molecule has 1 amide bonds. The number of amides is 1. The highest BCUT2D eigenvalue weighted by Crippen LogP contribution is 2.31. The molecule has 1 N–H and O–H groups in total. The van der Waals surface area contributed by atoms with Gasteiger partial charge < -0.3 is 23.7 Å². The third-order valence-corrected chi connectivity index (χ3v) is 3.27. The molecule has 0 saturated carbocycles. The second-order valence-corrected chi connectivity index (χ2v) is 4.75. The van der Waals surface area contributed by atoms with E-state index in [0.717, 1.165) is 0 Å². The zero-order chi connectivity index (χ0) is 16.9. The monoisotopic (exact) mass is 329 g/mol. The summed E-state index contributed by atoms with van der Waals surface area (Å²) in [7, 11) is 3.08. The van der Waals surface area contributed by atoms with Gasteiger partial charge in [0, 0.05) is 5.56 Å². The Labute approximate surface area is 137 Å². The molecule has 24 heavy (non-hydrogen) atoms. The van der Waals surface area contributed by atoms with E-state index in [1.165, 1.54) is 13.4 Å². The summed E-state index contributed by atoms with van der Waals surface area (Å²) in [6.07, 6.45) is 1.53. The lowest BCUT2D eigenvalue weighted by Gasteiger charge is -2.07. The first-order chi connectivity index (χ1) is 11.7. The summed E-state index contributed by atoms with van der Waals surface area (Å²) in [6.45, 7) is 0.236. The number of nitrogens with one attached hydrogen (secondary N) is 1. The number of hydrogen-bond donors (Lipinski definition) is 1. The lowest BCUT2D eigenvalue weighted by atomic mass is 10.2. The van der Waals surface area contributed by atoms with Gasteiger partial charge in [0.1, 0.15) is 5.76 Å². The normalized spacial score (nSPS) is 10.4. The van der Waals surface area contributed by atoms with Crippen molar-refractivity contribution in [1.29, 1.82) is 0 Å². The molecule has 0 bridgehead atoms. The fraction of sp³-hybridized carbons (Fsp3) is 0.188. The molecular weight excluding hydrogens is 314 g/mol. The molecule has 0 atom stereocenters. The van der Waals surface area contributed by atoms with E-state index in [-0.39, 0.29) is 18.3 Å². The van der Waals surface area contributed by atoms with Crippen LogP contribution in [0.25, 0.3) is 11.4 Å². The molecule has 2 heterocycles.